The first-order valence-corrected chi connectivity index (χ1v) is 11.8. The normalized spacial score (nSPS) is 14.5. The van der Waals surface area contributed by atoms with Gasteiger partial charge in [-0.15, -0.1) is 0 Å². The van der Waals surface area contributed by atoms with Crippen LogP contribution in [0.2, 0.25) is 5.02 Å². The molecule has 0 radical (unpaired) electrons. The molecule has 0 saturated carbocycles. The second-order valence-electron chi connectivity index (χ2n) is 7.22. The van der Waals surface area contributed by atoms with Crippen molar-refractivity contribution in [2.24, 2.45) is 0 Å². The average Bonchev–Trinajstić information content (AvgIpc) is 2.81. The minimum Gasteiger partial charge on any atom is -0.493 e. The predicted molar refractivity (Wildman–Crippen MR) is 127 cm³/mol. The van der Waals surface area contributed by atoms with Crippen LogP contribution in [-0.2, 0) is 4.79 Å². The summed E-state index contributed by atoms with van der Waals surface area (Å²) >= 11 is 7.84. The van der Waals surface area contributed by atoms with Crippen molar-refractivity contribution in [2.75, 3.05) is 24.9 Å². The van der Waals surface area contributed by atoms with Crippen LogP contribution in [-0.4, -0.2) is 36.0 Å². The quantitative estimate of drug-likeness (QED) is 0.420. The SMILES string of the molecule is CCSc1n[n+]2c(c(=O)[nH]1)-c1ccccc1N(C(=O)CC)C2c1cc(Cl)cc(OC)c1OC. The summed E-state index contributed by atoms with van der Waals surface area (Å²) in [5.74, 6) is 1.40. The maximum absolute atomic E-state index is 13.3. The van der Waals surface area contributed by atoms with Gasteiger partial charge in [0.15, 0.2) is 11.5 Å². The topological polar surface area (TPSA) is 88.4 Å². The molecule has 172 valence electrons. The lowest BCUT2D eigenvalue weighted by Crippen LogP contribution is -2.61. The van der Waals surface area contributed by atoms with E-state index in [4.69, 9.17) is 26.2 Å². The summed E-state index contributed by atoms with van der Waals surface area (Å²) < 4.78 is 12.8. The van der Waals surface area contributed by atoms with Gasteiger partial charge in [-0.2, -0.15) is 0 Å². The van der Waals surface area contributed by atoms with E-state index in [0.717, 1.165) is 5.75 Å². The van der Waals surface area contributed by atoms with Gasteiger partial charge in [-0.3, -0.25) is 14.6 Å². The Kier molecular flexibility index (Phi) is 6.62. The van der Waals surface area contributed by atoms with Crippen LogP contribution in [0.5, 0.6) is 11.5 Å². The van der Waals surface area contributed by atoms with Crippen molar-refractivity contribution in [3.63, 3.8) is 0 Å². The van der Waals surface area contributed by atoms with Gasteiger partial charge >= 0.3 is 11.3 Å². The molecule has 1 atom stereocenters. The molecule has 1 aliphatic rings. The Hall–Kier alpha value is -3.04. The van der Waals surface area contributed by atoms with Gasteiger partial charge in [0.05, 0.1) is 31.0 Å². The van der Waals surface area contributed by atoms with E-state index < -0.39 is 6.17 Å². The van der Waals surface area contributed by atoms with Gasteiger partial charge in [-0.05, 0) is 28.6 Å². The number of anilines is 1. The number of fused-ring (bicyclic) bond motifs is 3. The molecule has 10 heteroatoms. The first kappa shape index (κ1) is 23.1. The van der Waals surface area contributed by atoms with Crippen LogP contribution in [0.25, 0.3) is 11.3 Å². The number of H-pyrrole nitrogens is 1. The number of amides is 1. The number of carbonyl (C=O) groups excluding carboxylic acids is 1. The number of ether oxygens (including phenoxy) is 2. The zero-order valence-electron chi connectivity index (χ0n) is 18.7. The number of carbonyl (C=O) groups is 1. The van der Waals surface area contributed by atoms with E-state index in [0.29, 0.717) is 44.2 Å². The van der Waals surface area contributed by atoms with Gasteiger partial charge in [0.2, 0.25) is 11.1 Å². The summed E-state index contributed by atoms with van der Waals surface area (Å²) in [5.41, 5.74) is 1.82. The second kappa shape index (κ2) is 9.44. The number of thioether (sulfide) groups is 1. The summed E-state index contributed by atoms with van der Waals surface area (Å²) in [4.78, 5) is 31.1. The van der Waals surface area contributed by atoms with E-state index in [1.54, 1.807) is 28.6 Å². The molecular formula is C23H24ClN4O4S+. The molecule has 1 amide bonds. The number of para-hydroxylation sites is 1. The van der Waals surface area contributed by atoms with Crippen molar-refractivity contribution >= 4 is 35.0 Å². The average molecular weight is 488 g/mol. The second-order valence-corrected chi connectivity index (χ2v) is 8.91. The third kappa shape index (κ3) is 3.95. The Morgan fingerprint density at radius 1 is 1.24 bits per heavy atom. The monoisotopic (exact) mass is 487 g/mol. The number of benzene rings is 2. The molecule has 1 aromatic heterocycles. The van der Waals surface area contributed by atoms with Crippen LogP contribution in [0.1, 0.15) is 32.0 Å². The number of hydrogen-bond donors (Lipinski definition) is 1. The lowest BCUT2D eigenvalue weighted by Gasteiger charge is -2.32. The van der Waals surface area contributed by atoms with Gasteiger partial charge < -0.3 is 9.47 Å². The summed E-state index contributed by atoms with van der Waals surface area (Å²) in [6.45, 7) is 3.76. The molecular weight excluding hydrogens is 464 g/mol. The van der Waals surface area contributed by atoms with Crippen molar-refractivity contribution in [3.05, 3.63) is 57.3 Å². The Labute approximate surface area is 200 Å². The molecule has 1 aliphatic heterocycles. The van der Waals surface area contributed by atoms with Gasteiger partial charge in [0, 0.05) is 22.6 Å². The number of nitrogens with one attached hydrogen (secondary N) is 1. The largest absolute Gasteiger partial charge is 0.493 e. The van der Waals surface area contributed by atoms with E-state index in [1.165, 1.54) is 26.0 Å². The maximum atomic E-state index is 13.3. The molecule has 4 rings (SSSR count). The highest BCUT2D eigenvalue weighted by Gasteiger charge is 2.47. The standard InChI is InChI=1S/C23H23ClN4O4S/c1-5-18(29)27-16-10-8-7-9-14(16)19-21(30)25-23(33-6-2)26-28(19)22(27)15-11-13(24)12-17(31-3)20(15)32-4/h7-12,22H,5-6H2,1-4H3/p+1. The molecule has 3 aromatic rings. The van der Waals surface area contributed by atoms with E-state index in [9.17, 15) is 9.59 Å². The third-order valence-corrected chi connectivity index (χ3v) is 6.32. The number of nitrogens with zero attached hydrogens (tertiary/aromatic N) is 3. The third-order valence-electron chi connectivity index (χ3n) is 5.36. The highest BCUT2D eigenvalue weighted by atomic mass is 35.5. The van der Waals surface area contributed by atoms with E-state index >= 15 is 0 Å². The number of methoxy groups -OCH3 is 2. The zero-order chi connectivity index (χ0) is 23.7. The highest BCUT2D eigenvalue weighted by molar-refractivity contribution is 7.99. The molecule has 0 saturated heterocycles. The Morgan fingerprint density at radius 2 is 2.00 bits per heavy atom. The molecule has 8 nitrogen and oxygen atoms in total. The van der Waals surface area contributed by atoms with Gasteiger partial charge in [-0.25, -0.2) is 4.90 Å². The van der Waals surface area contributed by atoms with E-state index in [2.05, 4.69) is 4.98 Å². The fraction of sp³-hybridized carbons (Fsp3) is 0.304. The first-order chi connectivity index (χ1) is 15.9. The van der Waals surface area contributed by atoms with E-state index in [1.807, 2.05) is 31.2 Å². The van der Waals surface area contributed by atoms with Crippen LogP contribution < -0.4 is 24.6 Å². The molecule has 2 aromatic carbocycles. The van der Waals surface area contributed by atoms with Crippen LogP contribution in [0.3, 0.4) is 0 Å². The maximum Gasteiger partial charge on any atom is 0.325 e. The van der Waals surface area contributed by atoms with Gasteiger partial charge in [0.1, 0.15) is 0 Å². The van der Waals surface area contributed by atoms with Gasteiger partial charge in [0.25, 0.3) is 6.17 Å². The van der Waals surface area contributed by atoms with Crippen LogP contribution in [0.15, 0.2) is 46.3 Å². The zero-order valence-corrected chi connectivity index (χ0v) is 20.3. The molecule has 0 fully saturated rings. The van der Waals surface area contributed by atoms with Gasteiger partial charge in [-0.1, -0.05) is 49.3 Å². The number of aromatic nitrogens is 3. The predicted octanol–water partition coefficient (Wildman–Crippen LogP) is 3.81. The summed E-state index contributed by atoms with van der Waals surface area (Å²) in [7, 11) is 3.04. The molecule has 0 bridgehead atoms. The van der Waals surface area contributed by atoms with Crippen LogP contribution >= 0.6 is 23.4 Å². The van der Waals surface area contributed by atoms with Crippen molar-refractivity contribution in [2.45, 2.75) is 31.6 Å². The Bertz CT molecular complexity index is 1280. The lowest BCUT2D eigenvalue weighted by atomic mass is 10.00. The fourth-order valence-electron chi connectivity index (χ4n) is 4.05. The Balaban J connectivity index is 2.13. The highest BCUT2D eigenvalue weighted by Crippen LogP contribution is 2.43. The summed E-state index contributed by atoms with van der Waals surface area (Å²) in [6, 6.07) is 10.6. The smallest absolute Gasteiger partial charge is 0.325 e. The molecule has 1 N–H and O–H groups in total. The van der Waals surface area contributed by atoms with Crippen molar-refractivity contribution in [1.82, 2.24) is 10.1 Å². The van der Waals surface area contributed by atoms with E-state index in [-0.39, 0.29) is 17.9 Å². The van der Waals surface area contributed by atoms with Crippen molar-refractivity contribution < 1.29 is 19.0 Å². The number of aromatic amines is 1. The van der Waals surface area contributed by atoms with Crippen molar-refractivity contribution in [1.29, 1.82) is 0 Å². The lowest BCUT2D eigenvalue weighted by molar-refractivity contribution is -0.763. The molecule has 2 heterocycles. The minimum absolute atomic E-state index is 0.140. The molecule has 0 spiro atoms. The summed E-state index contributed by atoms with van der Waals surface area (Å²) in [6.07, 6.45) is -0.566. The first-order valence-electron chi connectivity index (χ1n) is 10.5. The van der Waals surface area contributed by atoms with Crippen molar-refractivity contribution in [3.8, 4) is 22.8 Å². The number of rotatable bonds is 6. The number of halogens is 1. The Morgan fingerprint density at radius 3 is 2.67 bits per heavy atom. The minimum atomic E-state index is -0.816. The molecule has 1 unspecified atom stereocenters. The summed E-state index contributed by atoms with van der Waals surface area (Å²) in [5, 5.41) is 5.59. The molecule has 0 aliphatic carbocycles. The molecule has 33 heavy (non-hydrogen) atoms. The number of hydrogen-bond acceptors (Lipinski definition) is 6. The van der Waals surface area contributed by atoms with Crippen LogP contribution in [0, 0.1) is 0 Å². The van der Waals surface area contributed by atoms with Crippen LogP contribution in [0.4, 0.5) is 5.69 Å². The fourth-order valence-corrected chi connectivity index (χ4v) is 4.85.